The molecule has 3 N–H and O–H groups in total. The number of carbonyl (C=O) groups excluding carboxylic acids is 2. The summed E-state index contributed by atoms with van der Waals surface area (Å²) in [4.78, 5) is 28.1. The number of benzene rings is 2. The van der Waals surface area contributed by atoms with Crippen LogP contribution < -0.4 is 15.8 Å². The Morgan fingerprint density at radius 1 is 1.10 bits per heavy atom. The Labute approximate surface area is 170 Å². The van der Waals surface area contributed by atoms with Crippen molar-refractivity contribution in [3.8, 4) is 5.75 Å². The van der Waals surface area contributed by atoms with Gasteiger partial charge in [0.05, 0.1) is 12.1 Å². The summed E-state index contributed by atoms with van der Waals surface area (Å²) in [6.45, 7) is 0.175. The number of rotatable bonds is 7. The molecule has 2 amide bonds. The number of furan rings is 1. The molecule has 0 atom stereocenters. The molecule has 0 unspecified atom stereocenters. The minimum absolute atomic E-state index is 0.0210. The summed E-state index contributed by atoms with van der Waals surface area (Å²) in [7, 11) is 0. The highest BCUT2D eigenvalue weighted by Crippen LogP contribution is 2.28. The summed E-state index contributed by atoms with van der Waals surface area (Å²) < 4.78 is 11.6. The number of aromatic nitrogens is 1. The van der Waals surface area contributed by atoms with Gasteiger partial charge in [-0.25, -0.2) is 4.98 Å². The largest absolute Gasteiger partial charge is 0.489 e. The van der Waals surface area contributed by atoms with E-state index in [-0.39, 0.29) is 18.8 Å². The summed E-state index contributed by atoms with van der Waals surface area (Å²) >= 11 is 1.21. The second kappa shape index (κ2) is 8.15. The highest BCUT2D eigenvalue weighted by Gasteiger charge is 2.22. The average Bonchev–Trinajstić information content (AvgIpc) is 3.30. The molecule has 146 valence electrons. The first kappa shape index (κ1) is 18.7. The number of primary amides is 1. The lowest BCUT2D eigenvalue weighted by atomic mass is 10.1. The molecule has 7 nitrogen and oxygen atoms in total. The summed E-state index contributed by atoms with van der Waals surface area (Å²) in [6.07, 6.45) is 0.0210. The van der Waals surface area contributed by atoms with Crippen molar-refractivity contribution in [1.29, 1.82) is 0 Å². The molecule has 2 heterocycles. The van der Waals surface area contributed by atoms with Crippen molar-refractivity contribution in [2.24, 2.45) is 5.73 Å². The average molecular weight is 407 g/mol. The molecule has 0 aliphatic carbocycles. The number of nitrogens with zero attached hydrogens (tertiary/aromatic N) is 1. The number of hydrogen-bond acceptors (Lipinski definition) is 6. The number of nitrogens with one attached hydrogen (secondary N) is 1. The van der Waals surface area contributed by atoms with Crippen LogP contribution in [-0.4, -0.2) is 16.8 Å². The van der Waals surface area contributed by atoms with E-state index in [1.54, 1.807) is 11.4 Å². The van der Waals surface area contributed by atoms with Crippen LogP contribution >= 0.6 is 11.3 Å². The minimum Gasteiger partial charge on any atom is -0.489 e. The maximum atomic E-state index is 12.9. The highest BCUT2D eigenvalue weighted by atomic mass is 32.1. The lowest BCUT2D eigenvalue weighted by Gasteiger charge is -2.07. The molecule has 0 spiro atoms. The number of fused-ring (bicyclic) bond motifs is 1. The van der Waals surface area contributed by atoms with Gasteiger partial charge in [0.15, 0.2) is 10.9 Å². The molecule has 0 radical (unpaired) electrons. The van der Waals surface area contributed by atoms with Crippen LogP contribution in [0.4, 0.5) is 5.13 Å². The Balaban J connectivity index is 1.59. The summed E-state index contributed by atoms with van der Waals surface area (Å²) in [5.74, 6) is -0.0624. The fourth-order valence-electron chi connectivity index (χ4n) is 2.88. The molecular weight excluding hydrogens is 390 g/mol. The van der Waals surface area contributed by atoms with E-state index >= 15 is 0 Å². The molecule has 0 saturated carbocycles. The van der Waals surface area contributed by atoms with E-state index in [2.05, 4.69) is 10.3 Å². The first-order valence-electron chi connectivity index (χ1n) is 8.82. The molecule has 0 aliphatic rings. The zero-order valence-electron chi connectivity index (χ0n) is 15.3. The standard InChI is InChI=1S/C21H17N3O4S/c22-18(25)10-13-12-29-21(23-13)24-20(26)19-16(11-27-14-6-2-1-3-7-14)15-8-4-5-9-17(15)28-19/h1-9,12H,10-11H2,(H2,22,25)(H,23,24,26). The maximum absolute atomic E-state index is 12.9. The van der Waals surface area contributed by atoms with E-state index in [0.29, 0.717) is 27.7 Å². The number of thiazole rings is 1. The first-order chi connectivity index (χ1) is 14.1. The van der Waals surface area contributed by atoms with Crippen LogP contribution in [0.2, 0.25) is 0 Å². The van der Waals surface area contributed by atoms with Crippen LogP contribution in [0.15, 0.2) is 64.4 Å². The third kappa shape index (κ3) is 4.27. The van der Waals surface area contributed by atoms with E-state index in [1.807, 2.05) is 48.5 Å². The molecule has 2 aromatic carbocycles. The van der Waals surface area contributed by atoms with Gasteiger partial charge in [-0.2, -0.15) is 0 Å². The Morgan fingerprint density at radius 2 is 1.86 bits per heavy atom. The number of amides is 2. The van der Waals surface area contributed by atoms with Crippen molar-refractivity contribution in [1.82, 2.24) is 4.98 Å². The number of para-hydroxylation sites is 2. The summed E-state index contributed by atoms with van der Waals surface area (Å²) in [5, 5.41) is 5.57. The molecule has 4 rings (SSSR count). The predicted octanol–water partition coefficient (Wildman–Crippen LogP) is 3.75. The Hall–Kier alpha value is -3.65. The van der Waals surface area contributed by atoms with E-state index in [1.165, 1.54) is 11.3 Å². The van der Waals surface area contributed by atoms with Gasteiger partial charge in [0, 0.05) is 16.3 Å². The van der Waals surface area contributed by atoms with Crippen LogP contribution in [0.3, 0.4) is 0 Å². The normalized spacial score (nSPS) is 10.8. The first-order valence-corrected chi connectivity index (χ1v) is 9.70. The van der Waals surface area contributed by atoms with Crippen LogP contribution in [0.5, 0.6) is 5.75 Å². The van der Waals surface area contributed by atoms with Gasteiger partial charge in [0.25, 0.3) is 5.91 Å². The van der Waals surface area contributed by atoms with Gasteiger partial charge in [-0.15, -0.1) is 11.3 Å². The van der Waals surface area contributed by atoms with Gasteiger partial charge in [-0.05, 0) is 18.2 Å². The lowest BCUT2D eigenvalue weighted by Crippen LogP contribution is -2.15. The van der Waals surface area contributed by atoms with E-state index < -0.39 is 11.8 Å². The monoisotopic (exact) mass is 407 g/mol. The van der Waals surface area contributed by atoms with Crippen molar-refractivity contribution in [2.45, 2.75) is 13.0 Å². The zero-order valence-corrected chi connectivity index (χ0v) is 16.1. The lowest BCUT2D eigenvalue weighted by molar-refractivity contribution is -0.117. The number of hydrogen-bond donors (Lipinski definition) is 2. The van der Waals surface area contributed by atoms with Crippen molar-refractivity contribution in [2.75, 3.05) is 5.32 Å². The fraction of sp³-hybridized carbons (Fsp3) is 0.0952. The van der Waals surface area contributed by atoms with Crippen molar-refractivity contribution >= 4 is 39.3 Å². The van der Waals surface area contributed by atoms with Gasteiger partial charge in [0.2, 0.25) is 5.91 Å². The van der Waals surface area contributed by atoms with Gasteiger partial charge in [-0.1, -0.05) is 36.4 Å². The Kier molecular flexibility index (Phi) is 5.26. The van der Waals surface area contributed by atoms with Gasteiger partial charge in [-0.3, -0.25) is 14.9 Å². The van der Waals surface area contributed by atoms with Gasteiger partial charge in [0.1, 0.15) is 17.9 Å². The van der Waals surface area contributed by atoms with Crippen LogP contribution in [0.1, 0.15) is 21.8 Å². The summed E-state index contributed by atoms with van der Waals surface area (Å²) in [6, 6.07) is 16.7. The molecule has 0 saturated heterocycles. The molecule has 8 heteroatoms. The molecule has 2 aromatic heterocycles. The fourth-order valence-corrected chi connectivity index (χ4v) is 3.58. The van der Waals surface area contributed by atoms with E-state index in [9.17, 15) is 9.59 Å². The zero-order chi connectivity index (χ0) is 20.2. The third-order valence-corrected chi connectivity index (χ3v) is 4.96. The molecule has 0 bridgehead atoms. The number of carbonyl (C=O) groups is 2. The topological polar surface area (TPSA) is 107 Å². The molecule has 0 fully saturated rings. The molecule has 0 aliphatic heterocycles. The van der Waals surface area contributed by atoms with Crippen molar-refractivity contribution < 1.29 is 18.7 Å². The second-order valence-electron chi connectivity index (χ2n) is 6.25. The smallest absolute Gasteiger partial charge is 0.293 e. The van der Waals surface area contributed by atoms with Gasteiger partial charge < -0.3 is 14.9 Å². The predicted molar refractivity (Wildman–Crippen MR) is 110 cm³/mol. The second-order valence-corrected chi connectivity index (χ2v) is 7.11. The molecular formula is C21H17N3O4S. The van der Waals surface area contributed by atoms with Gasteiger partial charge >= 0.3 is 0 Å². The quantitative estimate of drug-likeness (QED) is 0.485. The Morgan fingerprint density at radius 3 is 2.66 bits per heavy atom. The van der Waals surface area contributed by atoms with Crippen molar-refractivity contribution in [3.63, 3.8) is 0 Å². The van der Waals surface area contributed by atoms with Crippen LogP contribution in [0, 0.1) is 0 Å². The SMILES string of the molecule is NC(=O)Cc1csc(NC(=O)c2oc3ccccc3c2COc2ccccc2)n1. The number of ether oxygens (including phenoxy) is 1. The van der Waals surface area contributed by atoms with E-state index in [4.69, 9.17) is 14.9 Å². The van der Waals surface area contributed by atoms with Crippen molar-refractivity contribution in [3.05, 3.63) is 77.0 Å². The Bertz CT molecular complexity index is 1170. The molecule has 29 heavy (non-hydrogen) atoms. The molecule has 4 aromatic rings. The van der Waals surface area contributed by atoms with Crippen LogP contribution in [0.25, 0.3) is 11.0 Å². The van der Waals surface area contributed by atoms with Crippen LogP contribution in [-0.2, 0) is 17.8 Å². The number of anilines is 1. The minimum atomic E-state index is -0.481. The summed E-state index contributed by atoms with van der Waals surface area (Å²) in [5.41, 5.74) is 6.93. The maximum Gasteiger partial charge on any atom is 0.293 e. The third-order valence-electron chi connectivity index (χ3n) is 4.16. The number of nitrogens with two attached hydrogens (primary N) is 1. The highest BCUT2D eigenvalue weighted by molar-refractivity contribution is 7.14. The van der Waals surface area contributed by atoms with E-state index in [0.717, 1.165) is 5.39 Å².